The molecule has 0 spiro atoms. The molecule has 2 aromatic rings. The maximum Gasteiger partial charge on any atom is 0.255 e. The molecule has 136 valence electrons. The van der Waals surface area contributed by atoms with Crippen molar-refractivity contribution < 1.29 is 14.0 Å². The molecule has 0 radical (unpaired) electrons. The number of rotatable bonds is 5. The summed E-state index contributed by atoms with van der Waals surface area (Å²) in [5.74, 6) is -0.413. The Morgan fingerprint density at radius 3 is 2.62 bits per heavy atom. The van der Waals surface area contributed by atoms with E-state index in [9.17, 15) is 14.0 Å². The molecule has 1 aromatic carbocycles. The van der Waals surface area contributed by atoms with Gasteiger partial charge in [-0.25, -0.2) is 4.39 Å². The molecule has 1 aromatic heterocycles. The number of piperidine rings is 1. The Labute approximate surface area is 152 Å². The number of hydrogen-bond acceptors (Lipinski definition) is 3. The molecule has 0 saturated carbocycles. The van der Waals surface area contributed by atoms with Crippen LogP contribution < -0.4 is 5.32 Å². The molecule has 1 aliphatic rings. The summed E-state index contributed by atoms with van der Waals surface area (Å²) in [6.07, 6.45) is 4.93. The maximum absolute atomic E-state index is 13.6. The van der Waals surface area contributed by atoms with E-state index in [1.165, 1.54) is 6.07 Å². The van der Waals surface area contributed by atoms with E-state index in [4.69, 9.17) is 0 Å². The first-order valence-corrected chi connectivity index (χ1v) is 8.85. The molecule has 6 heteroatoms. The molecule has 0 bridgehead atoms. The minimum atomic E-state index is -0.246. The van der Waals surface area contributed by atoms with E-state index in [2.05, 4.69) is 10.3 Å². The number of nitrogens with one attached hydrogen (secondary N) is 1. The van der Waals surface area contributed by atoms with Gasteiger partial charge in [0, 0.05) is 37.9 Å². The number of hydrogen-bond donors (Lipinski definition) is 1. The van der Waals surface area contributed by atoms with Crippen LogP contribution in [0.4, 0.5) is 4.39 Å². The Morgan fingerprint density at radius 2 is 1.92 bits per heavy atom. The van der Waals surface area contributed by atoms with Crippen molar-refractivity contribution in [3.05, 3.63) is 65.7 Å². The lowest BCUT2D eigenvalue weighted by Gasteiger charge is -2.31. The predicted octanol–water partition coefficient (Wildman–Crippen LogP) is 2.43. The van der Waals surface area contributed by atoms with Gasteiger partial charge in [0.05, 0.1) is 5.56 Å². The summed E-state index contributed by atoms with van der Waals surface area (Å²) in [7, 11) is 0. The lowest BCUT2D eigenvalue weighted by atomic mass is 9.95. The van der Waals surface area contributed by atoms with E-state index < -0.39 is 0 Å². The lowest BCUT2D eigenvalue weighted by Crippen LogP contribution is -2.43. The van der Waals surface area contributed by atoms with Crippen LogP contribution in [0, 0.1) is 11.7 Å². The van der Waals surface area contributed by atoms with Crippen LogP contribution in [0.2, 0.25) is 0 Å². The monoisotopic (exact) mass is 355 g/mol. The first-order valence-electron chi connectivity index (χ1n) is 8.85. The Balaban J connectivity index is 1.43. The second-order valence-corrected chi connectivity index (χ2v) is 6.44. The largest absolute Gasteiger partial charge is 0.356 e. The highest BCUT2D eigenvalue weighted by molar-refractivity contribution is 5.94. The molecule has 1 aliphatic heterocycles. The number of carbonyl (C=O) groups is 2. The van der Waals surface area contributed by atoms with Gasteiger partial charge >= 0.3 is 0 Å². The SMILES string of the molecule is O=C(NCCc1ccccc1F)C1CCN(C(=O)c2cccnc2)CC1. The molecule has 1 N–H and O–H groups in total. The number of pyridine rings is 1. The van der Waals surface area contributed by atoms with Crippen LogP contribution in [0.15, 0.2) is 48.8 Å². The molecule has 0 unspecified atom stereocenters. The third kappa shape index (κ3) is 4.45. The van der Waals surface area contributed by atoms with Gasteiger partial charge in [-0.05, 0) is 43.0 Å². The van der Waals surface area contributed by atoms with E-state index in [0.717, 1.165) is 0 Å². The molecular weight excluding hydrogens is 333 g/mol. The van der Waals surface area contributed by atoms with Crippen LogP contribution in [0.5, 0.6) is 0 Å². The first kappa shape index (κ1) is 18.0. The van der Waals surface area contributed by atoms with Gasteiger partial charge in [0.25, 0.3) is 5.91 Å². The molecular formula is C20H22FN3O2. The fourth-order valence-electron chi connectivity index (χ4n) is 3.18. The smallest absolute Gasteiger partial charge is 0.255 e. The summed E-state index contributed by atoms with van der Waals surface area (Å²) < 4.78 is 13.6. The van der Waals surface area contributed by atoms with E-state index in [1.807, 2.05) is 0 Å². The highest BCUT2D eigenvalue weighted by Crippen LogP contribution is 2.19. The standard InChI is InChI=1S/C20H22FN3O2/c21-18-6-2-1-4-15(18)7-11-23-19(25)16-8-12-24(13-9-16)20(26)17-5-3-10-22-14-17/h1-6,10,14,16H,7-9,11-13H2,(H,23,25). The third-order valence-corrected chi connectivity index (χ3v) is 4.71. The van der Waals surface area contributed by atoms with Gasteiger partial charge in [-0.3, -0.25) is 14.6 Å². The number of amides is 2. The summed E-state index contributed by atoms with van der Waals surface area (Å²) in [4.78, 5) is 30.4. The van der Waals surface area contributed by atoms with E-state index in [1.54, 1.807) is 47.6 Å². The Morgan fingerprint density at radius 1 is 1.15 bits per heavy atom. The van der Waals surface area contributed by atoms with Crippen LogP contribution in [-0.4, -0.2) is 41.3 Å². The number of benzene rings is 1. The zero-order valence-electron chi connectivity index (χ0n) is 14.5. The van der Waals surface area contributed by atoms with Gasteiger partial charge in [-0.1, -0.05) is 18.2 Å². The number of aromatic nitrogens is 1. The summed E-state index contributed by atoms with van der Waals surface area (Å²) in [5, 5.41) is 2.88. The third-order valence-electron chi connectivity index (χ3n) is 4.71. The summed E-state index contributed by atoms with van der Waals surface area (Å²) >= 11 is 0. The van der Waals surface area contributed by atoms with Crippen molar-refractivity contribution in [2.45, 2.75) is 19.3 Å². The number of carbonyl (C=O) groups excluding carboxylic acids is 2. The zero-order valence-corrected chi connectivity index (χ0v) is 14.5. The highest BCUT2D eigenvalue weighted by Gasteiger charge is 2.27. The van der Waals surface area contributed by atoms with E-state index >= 15 is 0 Å². The van der Waals surface area contributed by atoms with Crippen molar-refractivity contribution in [1.29, 1.82) is 0 Å². The van der Waals surface area contributed by atoms with Gasteiger partial charge in [0.15, 0.2) is 0 Å². The normalized spacial score (nSPS) is 14.9. The summed E-state index contributed by atoms with van der Waals surface area (Å²) in [6.45, 7) is 1.52. The van der Waals surface area contributed by atoms with Crippen LogP contribution in [0.25, 0.3) is 0 Å². The molecule has 1 saturated heterocycles. The zero-order chi connectivity index (χ0) is 18.4. The van der Waals surface area contributed by atoms with Crippen molar-refractivity contribution in [1.82, 2.24) is 15.2 Å². The number of nitrogens with zero attached hydrogens (tertiary/aromatic N) is 2. The second kappa shape index (κ2) is 8.56. The van der Waals surface area contributed by atoms with Crippen LogP contribution in [0.1, 0.15) is 28.8 Å². The highest BCUT2D eigenvalue weighted by atomic mass is 19.1. The van der Waals surface area contributed by atoms with Crippen LogP contribution >= 0.6 is 0 Å². The first-order chi connectivity index (χ1) is 12.6. The van der Waals surface area contributed by atoms with Crippen molar-refractivity contribution in [3.8, 4) is 0 Å². The Hall–Kier alpha value is -2.76. The fourth-order valence-corrected chi connectivity index (χ4v) is 3.18. The van der Waals surface area contributed by atoms with Gasteiger partial charge in [0.2, 0.25) is 5.91 Å². The number of halogens is 1. The minimum absolute atomic E-state index is 0.0187. The summed E-state index contributed by atoms with van der Waals surface area (Å²) in [6, 6.07) is 10.1. The van der Waals surface area contributed by atoms with Crippen LogP contribution in [0.3, 0.4) is 0 Å². The fraction of sp³-hybridized carbons (Fsp3) is 0.350. The number of likely N-dealkylation sites (tertiary alicyclic amines) is 1. The van der Waals surface area contributed by atoms with Crippen molar-refractivity contribution in [2.75, 3.05) is 19.6 Å². The van der Waals surface area contributed by atoms with E-state index in [-0.39, 0.29) is 23.5 Å². The predicted molar refractivity (Wildman–Crippen MR) is 96.0 cm³/mol. The van der Waals surface area contributed by atoms with Gasteiger partial charge in [-0.15, -0.1) is 0 Å². The molecule has 5 nitrogen and oxygen atoms in total. The molecule has 2 heterocycles. The van der Waals surface area contributed by atoms with Crippen molar-refractivity contribution in [2.24, 2.45) is 5.92 Å². The van der Waals surface area contributed by atoms with Gasteiger partial charge in [-0.2, -0.15) is 0 Å². The lowest BCUT2D eigenvalue weighted by molar-refractivity contribution is -0.126. The average molecular weight is 355 g/mol. The molecule has 0 aliphatic carbocycles. The molecule has 26 heavy (non-hydrogen) atoms. The van der Waals surface area contributed by atoms with Crippen molar-refractivity contribution in [3.63, 3.8) is 0 Å². The van der Waals surface area contributed by atoms with Crippen LogP contribution in [-0.2, 0) is 11.2 Å². The topological polar surface area (TPSA) is 62.3 Å². The Kier molecular flexibility index (Phi) is 5.94. The Bertz CT molecular complexity index is 759. The van der Waals surface area contributed by atoms with Crippen molar-refractivity contribution >= 4 is 11.8 Å². The molecule has 1 fully saturated rings. The summed E-state index contributed by atoms with van der Waals surface area (Å²) in [5.41, 5.74) is 1.17. The van der Waals surface area contributed by atoms with E-state index in [0.29, 0.717) is 50.0 Å². The molecule has 3 rings (SSSR count). The van der Waals surface area contributed by atoms with Gasteiger partial charge in [0.1, 0.15) is 5.82 Å². The second-order valence-electron chi connectivity index (χ2n) is 6.44. The average Bonchev–Trinajstić information content (AvgIpc) is 2.69. The van der Waals surface area contributed by atoms with Gasteiger partial charge < -0.3 is 10.2 Å². The minimum Gasteiger partial charge on any atom is -0.356 e. The molecule has 2 amide bonds. The quantitative estimate of drug-likeness (QED) is 0.896. The molecule has 0 atom stereocenters. The maximum atomic E-state index is 13.6.